The first-order valence-corrected chi connectivity index (χ1v) is 6.63. The van der Waals surface area contributed by atoms with Crippen LogP contribution in [0.5, 0.6) is 0 Å². The Morgan fingerprint density at radius 2 is 1.47 bits per heavy atom. The molecule has 96 valence electrons. The Balaban J connectivity index is 2.07. The summed E-state index contributed by atoms with van der Waals surface area (Å²) in [5, 5.41) is 0. The number of rotatable bonds is 4. The van der Waals surface area contributed by atoms with E-state index in [4.69, 9.17) is 4.74 Å². The minimum atomic E-state index is 0.0512. The molecule has 1 fully saturated rings. The summed E-state index contributed by atoms with van der Waals surface area (Å²) in [5.41, 5.74) is 2.75. The summed E-state index contributed by atoms with van der Waals surface area (Å²) in [6.45, 7) is 4.06. The van der Waals surface area contributed by atoms with Crippen molar-refractivity contribution in [2.75, 3.05) is 7.11 Å². The molecule has 1 atom stereocenters. The molecule has 0 radical (unpaired) electrons. The molecule has 0 unspecified atom stereocenters. The van der Waals surface area contributed by atoms with E-state index in [0.29, 0.717) is 5.92 Å². The zero-order chi connectivity index (χ0) is 13.3. The zero-order valence-electron chi connectivity index (χ0n) is 11.2. The van der Waals surface area contributed by atoms with Gasteiger partial charge in [-0.05, 0) is 17.5 Å². The highest BCUT2D eigenvalue weighted by Gasteiger charge is 2.58. The first kappa shape index (κ1) is 12.0. The minimum Gasteiger partial charge on any atom is -0.501 e. The number of methoxy groups -OCH3 is 1. The first-order chi connectivity index (χ1) is 9.29. The molecule has 19 heavy (non-hydrogen) atoms. The standard InChI is InChI=1S/C18H18O/c1-14(19-2)17-13-18(17,15-9-5-3-6-10-15)16-11-7-4-8-12-16/h3-12,17H,1,13H2,2H3/t17-/m0/s1. The second-order valence-corrected chi connectivity index (χ2v) is 5.13. The summed E-state index contributed by atoms with van der Waals surface area (Å²) in [6, 6.07) is 21.3. The highest BCUT2D eigenvalue weighted by atomic mass is 16.5. The molecule has 2 aromatic rings. The lowest BCUT2D eigenvalue weighted by atomic mass is 9.85. The van der Waals surface area contributed by atoms with Crippen LogP contribution in [0.15, 0.2) is 73.0 Å². The van der Waals surface area contributed by atoms with Crippen LogP contribution < -0.4 is 0 Å². The molecule has 0 saturated heterocycles. The summed E-state index contributed by atoms with van der Waals surface area (Å²) in [4.78, 5) is 0. The van der Waals surface area contributed by atoms with Gasteiger partial charge in [0.15, 0.2) is 0 Å². The normalized spacial score (nSPS) is 19.7. The molecule has 0 bridgehead atoms. The van der Waals surface area contributed by atoms with Crippen molar-refractivity contribution in [3.63, 3.8) is 0 Å². The van der Waals surface area contributed by atoms with E-state index in [1.165, 1.54) is 11.1 Å². The van der Waals surface area contributed by atoms with Gasteiger partial charge in [-0.25, -0.2) is 0 Å². The third-order valence-corrected chi connectivity index (χ3v) is 4.19. The maximum Gasteiger partial charge on any atom is 0.0927 e. The van der Waals surface area contributed by atoms with Crippen LogP contribution in [0.3, 0.4) is 0 Å². The van der Waals surface area contributed by atoms with E-state index in [-0.39, 0.29) is 5.41 Å². The van der Waals surface area contributed by atoms with Crippen molar-refractivity contribution in [2.45, 2.75) is 11.8 Å². The second-order valence-electron chi connectivity index (χ2n) is 5.13. The van der Waals surface area contributed by atoms with E-state index < -0.39 is 0 Å². The smallest absolute Gasteiger partial charge is 0.0927 e. The number of ether oxygens (including phenoxy) is 1. The Hall–Kier alpha value is -2.02. The summed E-state index contributed by atoms with van der Waals surface area (Å²) < 4.78 is 5.38. The molecule has 0 aromatic heterocycles. The van der Waals surface area contributed by atoms with Gasteiger partial charge in [0.25, 0.3) is 0 Å². The topological polar surface area (TPSA) is 9.23 Å². The predicted octanol–water partition coefficient (Wildman–Crippen LogP) is 4.15. The monoisotopic (exact) mass is 250 g/mol. The fraction of sp³-hybridized carbons (Fsp3) is 0.222. The lowest BCUT2D eigenvalue weighted by Gasteiger charge is -2.19. The Labute approximate surface area is 114 Å². The molecule has 3 rings (SSSR count). The zero-order valence-corrected chi connectivity index (χ0v) is 11.2. The highest BCUT2D eigenvalue weighted by Crippen LogP contribution is 2.61. The van der Waals surface area contributed by atoms with E-state index >= 15 is 0 Å². The minimum absolute atomic E-state index is 0.0512. The molecule has 1 nitrogen and oxygen atoms in total. The largest absolute Gasteiger partial charge is 0.501 e. The lowest BCUT2D eigenvalue weighted by molar-refractivity contribution is 0.267. The lowest BCUT2D eigenvalue weighted by Crippen LogP contribution is -2.13. The molecule has 2 aromatic carbocycles. The molecule has 0 heterocycles. The molecule has 0 amide bonds. The van der Waals surface area contributed by atoms with Gasteiger partial charge in [0.1, 0.15) is 0 Å². The van der Waals surface area contributed by atoms with Crippen LogP contribution in [0.25, 0.3) is 0 Å². The Morgan fingerprint density at radius 1 is 1.00 bits per heavy atom. The molecule has 0 aliphatic heterocycles. The predicted molar refractivity (Wildman–Crippen MR) is 77.9 cm³/mol. The molecular weight excluding hydrogens is 232 g/mol. The maximum absolute atomic E-state index is 5.38. The summed E-state index contributed by atoms with van der Waals surface area (Å²) in [7, 11) is 1.71. The van der Waals surface area contributed by atoms with Crippen LogP contribution >= 0.6 is 0 Å². The van der Waals surface area contributed by atoms with Crippen LogP contribution in [0.1, 0.15) is 17.5 Å². The third-order valence-electron chi connectivity index (χ3n) is 4.19. The van der Waals surface area contributed by atoms with Gasteiger partial charge in [-0.15, -0.1) is 0 Å². The van der Waals surface area contributed by atoms with Crippen LogP contribution in [0, 0.1) is 5.92 Å². The molecule has 0 spiro atoms. The van der Waals surface area contributed by atoms with Crippen molar-refractivity contribution in [1.29, 1.82) is 0 Å². The first-order valence-electron chi connectivity index (χ1n) is 6.63. The summed E-state index contributed by atoms with van der Waals surface area (Å²) in [5.74, 6) is 1.26. The van der Waals surface area contributed by atoms with E-state index in [1.807, 2.05) is 0 Å². The Morgan fingerprint density at radius 3 is 1.89 bits per heavy atom. The van der Waals surface area contributed by atoms with Crippen LogP contribution in [-0.4, -0.2) is 7.11 Å². The van der Waals surface area contributed by atoms with E-state index in [2.05, 4.69) is 67.2 Å². The van der Waals surface area contributed by atoms with E-state index in [0.717, 1.165) is 12.2 Å². The molecule has 1 aliphatic rings. The van der Waals surface area contributed by atoms with Crippen LogP contribution in [0.2, 0.25) is 0 Å². The molecule has 1 saturated carbocycles. The fourth-order valence-corrected chi connectivity index (χ4v) is 3.07. The van der Waals surface area contributed by atoms with Gasteiger partial charge in [-0.3, -0.25) is 0 Å². The Bertz CT molecular complexity index is 532. The fourth-order valence-electron chi connectivity index (χ4n) is 3.07. The maximum atomic E-state index is 5.38. The van der Waals surface area contributed by atoms with Gasteiger partial charge in [-0.1, -0.05) is 67.2 Å². The SMILES string of the molecule is C=C(OC)[C@@H]1CC1(c1ccccc1)c1ccccc1. The number of allylic oxidation sites excluding steroid dienone is 1. The van der Waals surface area contributed by atoms with Crippen molar-refractivity contribution < 1.29 is 4.74 Å². The van der Waals surface area contributed by atoms with Crippen molar-refractivity contribution in [3.05, 3.63) is 84.1 Å². The highest BCUT2D eigenvalue weighted by molar-refractivity contribution is 5.49. The quantitative estimate of drug-likeness (QED) is 0.741. The molecule has 1 heteroatoms. The average molecular weight is 250 g/mol. The average Bonchev–Trinajstić information content (AvgIpc) is 3.25. The van der Waals surface area contributed by atoms with Crippen molar-refractivity contribution in [2.24, 2.45) is 5.92 Å². The Kier molecular flexibility index (Phi) is 2.90. The van der Waals surface area contributed by atoms with Crippen molar-refractivity contribution in [3.8, 4) is 0 Å². The second kappa shape index (κ2) is 4.58. The van der Waals surface area contributed by atoms with Gasteiger partial charge >= 0.3 is 0 Å². The van der Waals surface area contributed by atoms with Gasteiger partial charge in [0.2, 0.25) is 0 Å². The third kappa shape index (κ3) is 1.86. The number of hydrogen-bond donors (Lipinski definition) is 0. The summed E-state index contributed by atoms with van der Waals surface area (Å²) >= 11 is 0. The summed E-state index contributed by atoms with van der Waals surface area (Å²) in [6.07, 6.45) is 1.08. The van der Waals surface area contributed by atoms with Gasteiger partial charge in [0.05, 0.1) is 12.9 Å². The van der Waals surface area contributed by atoms with Gasteiger partial charge in [0, 0.05) is 11.3 Å². The van der Waals surface area contributed by atoms with Gasteiger partial charge in [-0.2, -0.15) is 0 Å². The molecule has 1 aliphatic carbocycles. The van der Waals surface area contributed by atoms with Crippen LogP contribution in [-0.2, 0) is 10.2 Å². The molecule has 0 N–H and O–H groups in total. The van der Waals surface area contributed by atoms with Gasteiger partial charge < -0.3 is 4.74 Å². The molecular formula is C18H18O. The number of benzene rings is 2. The van der Waals surface area contributed by atoms with E-state index in [9.17, 15) is 0 Å². The van der Waals surface area contributed by atoms with Crippen molar-refractivity contribution >= 4 is 0 Å². The van der Waals surface area contributed by atoms with Crippen molar-refractivity contribution in [1.82, 2.24) is 0 Å². The van der Waals surface area contributed by atoms with E-state index in [1.54, 1.807) is 7.11 Å². The van der Waals surface area contributed by atoms with Crippen LogP contribution in [0.4, 0.5) is 0 Å². The number of hydrogen-bond acceptors (Lipinski definition) is 1.